The highest BCUT2D eigenvalue weighted by molar-refractivity contribution is 5.61. The van der Waals surface area contributed by atoms with Gasteiger partial charge < -0.3 is 21.1 Å². The summed E-state index contributed by atoms with van der Waals surface area (Å²) in [5, 5.41) is 20.1. The van der Waals surface area contributed by atoms with Crippen LogP contribution in [0.4, 0.5) is 13.2 Å². The molecule has 15 rings (SSSR count). The van der Waals surface area contributed by atoms with Crippen molar-refractivity contribution >= 4 is 0 Å². The molecule has 468 valence electrons. The monoisotopic (exact) mass is 1220 g/mol. The number of benzene rings is 6. The number of nitrogens with one attached hydrogen (secondary N) is 3. The number of nitrogens with zero attached hydrogens (tertiary/aromatic N) is 9. The number of aromatic nitrogens is 6. The molecule has 6 atom stereocenters. The summed E-state index contributed by atoms with van der Waals surface area (Å²) in [7, 11) is 0. The van der Waals surface area contributed by atoms with Crippen LogP contribution in [0.3, 0.4) is 0 Å². The third-order valence-corrected chi connectivity index (χ3v) is 18.8. The van der Waals surface area contributed by atoms with E-state index in [9.17, 15) is 18.3 Å². The van der Waals surface area contributed by atoms with Crippen molar-refractivity contribution in [2.45, 2.75) is 133 Å². The second-order valence-electron chi connectivity index (χ2n) is 25.6. The van der Waals surface area contributed by atoms with Crippen molar-refractivity contribution in [3.8, 4) is 39.5 Å². The van der Waals surface area contributed by atoms with E-state index in [0.717, 1.165) is 167 Å². The lowest BCUT2D eigenvalue weighted by Crippen LogP contribution is -2.42. The first kappa shape index (κ1) is 61.8. The SMILES string of the molecule is Fc1cc(F)cc(CCCc2nccc(-c3cccc(CN4CC5CC4CN5)c3)n2)c1.Fc1cccc(CCCc2nccc(-c3cccc(CN4CC5CC4CN5)c3)n2)c1.Oc1ccc(CCCc2nccc(-c3cccc(CN4CC5CC4CN5)c3)n2)cc1. The Balaban J connectivity index is 0.000000125. The van der Waals surface area contributed by atoms with E-state index < -0.39 is 11.6 Å². The number of aryl methyl sites for hydroxylation is 6. The van der Waals surface area contributed by atoms with E-state index in [0.29, 0.717) is 60.4 Å². The maximum Gasteiger partial charge on any atom is 0.128 e. The van der Waals surface area contributed by atoms with Gasteiger partial charge in [-0.25, -0.2) is 43.1 Å². The summed E-state index contributed by atoms with van der Waals surface area (Å²) in [6.45, 7) is 9.77. The van der Waals surface area contributed by atoms with Crippen LogP contribution in [0, 0.1) is 17.5 Å². The molecule has 6 saturated heterocycles. The van der Waals surface area contributed by atoms with Crippen molar-refractivity contribution in [1.82, 2.24) is 60.6 Å². The molecule has 6 aromatic carbocycles. The van der Waals surface area contributed by atoms with E-state index in [4.69, 9.17) is 15.0 Å². The van der Waals surface area contributed by atoms with E-state index >= 15 is 0 Å². The van der Waals surface area contributed by atoms with Gasteiger partial charge in [0.25, 0.3) is 0 Å². The van der Waals surface area contributed by atoms with E-state index in [2.05, 4.69) is 118 Å². The lowest BCUT2D eigenvalue weighted by atomic mass is 10.1. The van der Waals surface area contributed by atoms with Crippen LogP contribution in [0.25, 0.3) is 33.8 Å². The quantitative estimate of drug-likeness (QED) is 0.0542. The average Bonchev–Trinajstić information content (AvgIpc) is 3.37. The number of fused-ring (bicyclic) bond motifs is 6. The minimum absolute atomic E-state index is 0.177. The average molecular weight is 1220 g/mol. The van der Waals surface area contributed by atoms with Gasteiger partial charge >= 0.3 is 0 Å². The van der Waals surface area contributed by atoms with Crippen molar-refractivity contribution in [3.05, 3.63) is 245 Å². The van der Waals surface area contributed by atoms with E-state index in [-0.39, 0.29) is 5.82 Å². The first-order chi connectivity index (χ1) is 44.6. The van der Waals surface area contributed by atoms with E-state index in [1.54, 1.807) is 30.5 Å². The van der Waals surface area contributed by atoms with Crippen LogP contribution in [0.2, 0.25) is 0 Å². The largest absolute Gasteiger partial charge is 0.508 e. The van der Waals surface area contributed by atoms with Crippen LogP contribution in [-0.2, 0) is 58.2 Å². The molecular formula is C75H81F3N12O. The molecule has 0 amide bonds. The smallest absolute Gasteiger partial charge is 0.128 e. The van der Waals surface area contributed by atoms with Crippen molar-refractivity contribution in [2.75, 3.05) is 39.3 Å². The van der Waals surface area contributed by atoms with Crippen LogP contribution < -0.4 is 16.0 Å². The van der Waals surface area contributed by atoms with Crippen molar-refractivity contribution in [2.24, 2.45) is 0 Å². The van der Waals surface area contributed by atoms with Crippen molar-refractivity contribution < 1.29 is 18.3 Å². The number of hydrogen-bond donors (Lipinski definition) is 4. The molecule has 6 unspecified atom stereocenters. The molecule has 6 bridgehead atoms. The summed E-state index contributed by atoms with van der Waals surface area (Å²) in [4.78, 5) is 35.4. The summed E-state index contributed by atoms with van der Waals surface area (Å²) in [5.74, 6) is 1.55. The minimum Gasteiger partial charge on any atom is -0.508 e. The fraction of sp³-hybridized carbons (Fsp3) is 0.360. The van der Waals surface area contributed by atoms with Gasteiger partial charge in [-0.05, 0) is 164 Å². The van der Waals surface area contributed by atoms with Crippen LogP contribution in [0.1, 0.15) is 89.4 Å². The molecule has 6 aliphatic heterocycles. The van der Waals surface area contributed by atoms with Gasteiger partial charge in [0.15, 0.2) is 0 Å². The second-order valence-corrected chi connectivity index (χ2v) is 25.6. The Kier molecular flexibility index (Phi) is 20.0. The standard InChI is InChI=1S/C25H26F2N4.C25H27FN4.C25H28N4O/c26-20-10-17(11-21(27)12-20)3-2-6-25-28-8-7-24(30-25)19-5-1-4-18(9-19)15-31-16-22-13-23(31)14-29-22;26-21-8-2-4-18(13-21)5-3-9-25-27-11-10-24(29-25)20-7-1-6-19(12-20)16-30-17-22-14-23(30)15-28-22;30-23-9-7-18(8-10-23)3-2-6-25-26-12-11-24(28-25)20-5-1-4-19(13-20)16-29-17-21-14-22(29)15-27-21/h1,4-5,7-12,22-23,29H,2-3,6,13-16H2;1-2,4,6-8,10-13,22-23,28H,3,5,9,14-17H2;1,4-5,7-13,21-22,27,30H,2-3,6,14-17H2. The summed E-state index contributed by atoms with van der Waals surface area (Å²) >= 11 is 0. The zero-order chi connectivity index (χ0) is 61.9. The number of phenols is 1. The lowest BCUT2D eigenvalue weighted by molar-refractivity contribution is 0.218. The fourth-order valence-electron chi connectivity index (χ4n) is 14.2. The highest BCUT2D eigenvalue weighted by Gasteiger charge is 2.39. The van der Waals surface area contributed by atoms with Crippen LogP contribution >= 0.6 is 0 Å². The number of phenolic OH excluding ortho intramolecular Hbond substituents is 1. The van der Waals surface area contributed by atoms with E-state index in [1.807, 2.05) is 48.8 Å². The van der Waals surface area contributed by atoms with Crippen LogP contribution in [0.5, 0.6) is 5.75 Å². The topological polar surface area (TPSA) is 143 Å². The zero-order valence-corrected chi connectivity index (χ0v) is 51.7. The summed E-state index contributed by atoms with van der Waals surface area (Å²) in [6, 6.07) is 54.0. The van der Waals surface area contributed by atoms with Gasteiger partial charge in [0.1, 0.15) is 40.7 Å². The summed E-state index contributed by atoms with van der Waals surface area (Å²) in [5.41, 5.74) is 13.2. The lowest BCUT2D eigenvalue weighted by Gasteiger charge is -2.27. The number of halogens is 3. The van der Waals surface area contributed by atoms with Crippen LogP contribution in [-0.4, -0.2) is 125 Å². The minimum atomic E-state index is -0.536. The molecule has 9 aromatic rings. The predicted molar refractivity (Wildman–Crippen MR) is 351 cm³/mol. The van der Waals surface area contributed by atoms with E-state index in [1.165, 1.54) is 59.7 Å². The van der Waals surface area contributed by atoms with Gasteiger partial charge in [-0.2, -0.15) is 0 Å². The Morgan fingerprint density at radius 2 is 0.747 bits per heavy atom. The van der Waals surface area contributed by atoms with Crippen LogP contribution in [0.15, 0.2) is 176 Å². The Morgan fingerprint density at radius 3 is 1.13 bits per heavy atom. The second kappa shape index (κ2) is 29.5. The number of hydrogen-bond acceptors (Lipinski definition) is 13. The zero-order valence-electron chi connectivity index (χ0n) is 51.7. The highest BCUT2D eigenvalue weighted by atomic mass is 19.1. The number of rotatable bonds is 21. The molecule has 3 aromatic heterocycles. The van der Waals surface area contributed by atoms with Crippen molar-refractivity contribution in [3.63, 3.8) is 0 Å². The number of piperazine rings is 3. The third-order valence-electron chi connectivity index (χ3n) is 18.8. The molecule has 13 nitrogen and oxygen atoms in total. The van der Waals surface area contributed by atoms with Gasteiger partial charge in [-0.1, -0.05) is 78.9 Å². The molecule has 16 heteroatoms. The number of likely N-dealkylation sites (tertiary alicyclic amines) is 3. The van der Waals surface area contributed by atoms with Gasteiger partial charge in [0.05, 0.1) is 17.1 Å². The number of aromatic hydroxyl groups is 1. The first-order valence-corrected chi connectivity index (χ1v) is 32.7. The van der Waals surface area contributed by atoms with Crippen molar-refractivity contribution in [1.29, 1.82) is 0 Å². The Bertz CT molecular complexity index is 3870. The van der Waals surface area contributed by atoms with Gasteiger partial charge in [0, 0.05) is 156 Å². The Morgan fingerprint density at radius 1 is 0.374 bits per heavy atom. The third kappa shape index (κ3) is 16.7. The van der Waals surface area contributed by atoms with Gasteiger partial charge in [-0.15, -0.1) is 0 Å². The maximum absolute atomic E-state index is 13.4. The molecular weight excluding hydrogens is 1140 g/mol. The molecule has 0 aliphatic carbocycles. The molecule has 0 radical (unpaired) electrons. The fourth-order valence-corrected chi connectivity index (χ4v) is 14.2. The summed E-state index contributed by atoms with van der Waals surface area (Å²) < 4.78 is 40.0. The molecule has 0 saturated carbocycles. The molecule has 91 heavy (non-hydrogen) atoms. The Hall–Kier alpha value is -8.09. The molecule has 0 spiro atoms. The first-order valence-electron chi connectivity index (χ1n) is 32.7. The van der Waals surface area contributed by atoms with Gasteiger partial charge in [0.2, 0.25) is 0 Å². The maximum atomic E-state index is 13.4. The molecule has 4 N–H and O–H groups in total. The molecule has 9 heterocycles. The normalized spacial score (nSPS) is 20.6. The Labute approximate surface area is 532 Å². The van der Waals surface area contributed by atoms with Gasteiger partial charge in [-0.3, -0.25) is 14.7 Å². The molecule has 6 fully saturated rings. The predicted octanol–water partition coefficient (Wildman–Crippen LogP) is 11.7. The molecule has 6 aliphatic rings. The highest BCUT2D eigenvalue weighted by Crippen LogP contribution is 2.30. The summed E-state index contributed by atoms with van der Waals surface area (Å²) in [6.07, 6.45) is 16.6.